The second-order valence-corrected chi connectivity index (χ2v) is 12.5. The van der Waals surface area contributed by atoms with Crippen molar-refractivity contribution in [3.8, 4) is 5.75 Å². The number of carboxylic acid groups (broad SMARTS) is 1. The number of halogens is 2. The Morgan fingerprint density at radius 3 is 2.35 bits per heavy atom. The van der Waals surface area contributed by atoms with E-state index in [0.29, 0.717) is 18.8 Å². The molecule has 1 N–H and O–H groups in total. The average molecular weight is 780 g/mol. The van der Waals surface area contributed by atoms with Crippen LogP contribution in [-0.4, -0.2) is 51.0 Å². The van der Waals surface area contributed by atoms with Crippen molar-refractivity contribution in [1.82, 2.24) is 9.80 Å². The molecule has 3 amide bonds. The van der Waals surface area contributed by atoms with Gasteiger partial charge in [0, 0.05) is 13.1 Å². The van der Waals surface area contributed by atoms with Crippen molar-refractivity contribution in [2.45, 2.75) is 19.6 Å². The molecule has 0 bridgehead atoms. The zero-order valence-corrected chi connectivity index (χ0v) is 26.1. The number of thioether (sulfide) groups is 1. The molecule has 0 atom stereocenters. The number of imide groups is 1. The van der Waals surface area contributed by atoms with E-state index in [1.165, 1.54) is 17.7 Å². The number of carboxylic acids is 1. The number of nitrogens with zero attached hydrogens (tertiary/aromatic N) is 2. The number of carbonyl (C=O) groups is 4. The van der Waals surface area contributed by atoms with Gasteiger partial charge in [0.25, 0.3) is 11.1 Å². The van der Waals surface area contributed by atoms with Crippen molar-refractivity contribution >= 4 is 86.0 Å². The third kappa shape index (κ3) is 6.36. The Kier molecular flexibility index (Phi) is 8.80. The van der Waals surface area contributed by atoms with E-state index in [4.69, 9.17) is 9.84 Å². The van der Waals surface area contributed by atoms with Crippen LogP contribution in [0.5, 0.6) is 5.75 Å². The molecule has 8 nitrogen and oxygen atoms in total. The molecule has 0 aliphatic carbocycles. The molecule has 0 aromatic heterocycles. The van der Waals surface area contributed by atoms with Crippen LogP contribution in [0.2, 0.25) is 0 Å². The third-order valence-corrected chi connectivity index (χ3v) is 9.06. The Morgan fingerprint density at radius 1 is 1.00 bits per heavy atom. The van der Waals surface area contributed by atoms with Gasteiger partial charge in [-0.2, -0.15) is 0 Å². The number of rotatable bonds is 7. The minimum absolute atomic E-state index is 0.211. The molecule has 1 fully saturated rings. The number of amides is 3. The molecule has 40 heavy (non-hydrogen) atoms. The lowest BCUT2D eigenvalue weighted by atomic mass is 10.00. The maximum Gasteiger partial charge on any atom is 0.335 e. The Hall–Kier alpha value is -2.91. The minimum atomic E-state index is -0.982. The Balaban J connectivity index is 1.24. The molecular formula is C29H22I2N2O6S. The van der Waals surface area contributed by atoms with Crippen molar-refractivity contribution < 1.29 is 29.0 Å². The van der Waals surface area contributed by atoms with Crippen LogP contribution in [0.1, 0.15) is 32.6 Å². The molecule has 0 saturated carbocycles. The summed E-state index contributed by atoms with van der Waals surface area (Å²) in [5, 5.41) is 8.60. The van der Waals surface area contributed by atoms with Crippen LogP contribution >= 0.6 is 56.9 Å². The van der Waals surface area contributed by atoms with Crippen LogP contribution in [-0.2, 0) is 29.2 Å². The van der Waals surface area contributed by atoms with Crippen LogP contribution in [0.3, 0.4) is 0 Å². The molecule has 0 unspecified atom stereocenters. The molecule has 1 saturated heterocycles. The van der Waals surface area contributed by atoms with Gasteiger partial charge in [0.05, 0.1) is 17.6 Å². The highest BCUT2D eigenvalue weighted by molar-refractivity contribution is 14.1. The largest absolute Gasteiger partial charge is 0.487 e. The molecule has 2 aliphatic rings. The molecule has 2 aliphatic heterocycles. The lowest BCUT2D eigenvalue weighted by Crippen LogP contribution is -2.44. The predicted octanol–water partition coefficient (Wildman–Crippen LogP) is 5.79. The zero-order valence-electron chi connectivity index (χ0n) is 20.9. The molecule has 0 spiro atoms. The molecule has 2 heterocycles. The second-order valence-electron chi connectivity index (χ2n) is 9.21. The first-order valence-corrected chi connectivity index (χ1v) is 15.2. The first kappa shape index (κ1) is 28.6. The number of hydrogen-bond acceptors (Lipinski definition) is 6. The summed E-state index contributed by atoms with van der Waals surface area (Å²) in [5.41, 5.74) is 4.08. The summed E-state index contributed by atoms with van der Waals surface area (Å²) in [4.78, 5) is 52.7. The zero-order chi connectivity index (χ0) is 28.4. The standard InChI is InChI=1S/C29H22I2N2O6S/c30-22-11-18(12-23(31)26(22)39-16-17-5-7-20(8-6-17)28(36)37)13-24-27(35)33(29(38)40-24)15-25(34)32-10-9-19-3-1-2-4-21(19)14-32/h1-8,11-13H,9-10,14-16H2,(H,36,37)/b24-13-. The number of carbonyl (C=O) groups excluding carboxylic acids is 3. The number of fused-ring (bicyclic) bond motifs is 1. The van der Waals surface area contributed by atoms with Crippen LogP contribution < -0.4 is 4.74 Å². The summed E-state index contributed by atoms with van der Waals surface area (Å²) in [5.74, 6) is -1.04. The van der Waals surface area contributed by atoms with Crippen molar-refractivity contribution in [3.63, 3.8) is 0 Å². The summed E-state index contributed by atoms with van der Waals surface area (Å²) in [6.45, 7) is 1.01. The summed E-state index contributed by atoms with van der Waals surface area (Å²) < 4.78 is 7.63. The summed E-state index contributed by atoms with van der Waals surface area (Å²) in [6.07, 6.45) is 2.41. The Bertz CT molecular complexity index is 1530. The molecule has 11 heteroatoms. The fraction of sp³-hybridized carbons (Fsp3) is 0.172. The maximum atomic E-state index is 13.1. The smallest absolute Gasteiger partial charge is 0.335 e. The van der Waals surface area contributed by atoms with Gasteiger partial charge in [0.15, 0.2) is 0 Å². The van der Waals surface area contributed by atoms with Gasteiger partial charge < -0.3 is 14.7 Å². The number of benzene rings is 3. The molecule has 204 valence electrons. The number of ether oxygens (including phenoxy) is 1. The summed E-state index contributed by atoms with van der Waals surface area (Å²) in [6, 6.07) is 18.2. The Morgan fingerprint density at radius 2 is 1.68 bits per heavy atom. The van der Waals surface area contributed by atoms with Crippen molar-refractivity contribution in [2.24, 2.45) is 0 Å². The quantitative estimate of drug-likeness (QED) is 0.239. The van der Waals surface area contributed by atoms with Crippen molar-refractivity contribution in [1.29, 1.82) is 0 Å². The van der Waals surface area contributed by atoms with E-state index in [1.54, 1.807) is 23.1 Å². The highest BCUT2D eigenvalue weighted by atomic mass is 127. The molecule has 3 aromatic rings. The van der Waals surface area contributed by atoms with Crippen molar-refractivity contribution in [3.05, 3.63) is 101 Å². The Labute approximate surface area is 262 Å². The van der Waals surface area contributed by atoms with Crippen molar-refractivity contribution in [2.75, 3.05) is 13.1 Å². The van der Waals surface area contributed by atoms with Crippen LogP contribution in [0.25, 0.3) is 6.08 Å². The summed E-state index contributed by atoms with van der Waals surface area (Å²) >= 11 is 5.14. The highest BCUT2D eigenvalue weighted by Gasteiger charge is 2.37. The van der Waals surface area contributed by atoms with E-state index in [1.807, 2.05) is 30.3 Å². The van der Waals surface area contributed by atoms with Crippen LogP contribution in [0.15, 0.2) is 65.6 Å². The van der Waals surface area contributed by atoms with Gasteiger partial charge in [-0.25, -0.2) is 4.79 Å². The molecule has 5 rings (SSSR count). The van der Waals surface area contributed by atoms with E-state index in [9.17, 15) is 19.2 Å². The van der Waals surface area contributed by atoms with E-state index >= 15 is 0 Å². The van der Waals surface area contributed by atoms with E-state index in [0.717, 1.165) is 46.9 Å². The van der Waals surface area contributed by atoms with Crippen LogP contribution in [0, 0.1) is 7.14 Å². The van der Waals surface area contributed by atoms with E-state index < -0.39 is 17.1 Å². The minimum Gasteiger partial charge on any atom is -0.487 e. The summed E-state index contributed by atoms with van der Waals surface area (Å²) in [7, 11) is 0. The predicted molar refractivity (Wildman–Crippen MR) is 168 cm³/mol. The molecular weight excluding hydrogens is 758 g/mol. The SMILES string of the molecule is O=C(O)c1ccc(COc2c(I)cc(/C=C3\SC(=O)N(CC(=O)N4CCc5ccccc5C4)C3=O)cc2I)cc1. The number of hydrogen-bond donors (Lipinski definition) is 1. The lowest BCUT2D eigenvalue weighted by Gasteiger charge is -2.29. The lowest BCUT2D eigenvalue weighted by molar-refractivity contribution is -0.136. The topological polar surface area (TPSA) is 104 Å². The van der Waals surface area contributed by atoms with Gasteiger partial charge >= 0.3 is 5.97 Å². The van der Waals surface area contributed by atoms with Crippen LogP contribution in [0.4, 0.5) is 4.79 Å². The van der Waals surface area contributed by atoms with E-state index in [2.05, 4.69) is 51.2 Å². The fourth-order valence-electron chi connectivity index (χ4n) is 4.43. The van der Waals surface area contributed by atoms with Gasteiger partial charge in [0.2, 0.25) is 5.91 Å². The highest BCUT2D eigenvalue weighted by Crippen LogP contribution is 2.35. The van der Waals surface area contributed by atoms with Gasteiger partial charge in [0.1, 0.15) is 18.9 Å². The first-order chi connectivity index (χ1) is 19.2. The van der Waals surface area contributed by atoms with Gasteiger partial charge in [-0.05, 0) is 116 Å². The fourth-order valence-corrected chi connectivity index (χ4v) is 7.40. The molecule has 0 radical (unpaired) electrons. The second kappa shape index (κ2) is 12.3. The molecule has 3 aromatic carbocycles. The maximum absolute atomic E-state index is 13.1. The number of aromatic carboxylic acids is 1. The monoisotopic (exact) mass is 780 g/mol. The average Bonchev–Trinajstić information content (AvgIpc) is 3.19. The normalized spacial score (nSPS) is 15.9. The van der Waals surface area contributed by atoms with E-state index in [-0.39, 0.29) is 29.5 Å². The van der Waals surface area contributed by atoms with Gasteiger partial charge in [-0.15, -0.1) is 0 Å². The first-order valence-electron chi connectivity index (χ1n) is 12.2. The van der Waals surface area contributed by atoms with Gasteiger partial charge in [-0.1, -0.05) is 36.4 Å². The van der Waals surface area contributed by atoms with Gasteiger partial charge in [-0.3, -0.25) is 19.3 Å². The third-order valence-electron chi connectivity index (χ3n) is 6.55.